The summed E-state index contributed by atoms with van der Waals surface area (Å²) in [5, 5.41) is 2.68. The van der Waals surface area contributed by atoms with E-state index in [1.165, 1.54) is 12.1 Å². The summed E-state index contributed by atoms with van der Waals surface area (Å²) < 4.78 is 13.7. The van der Waals surface area contributed by atoms with E-state index in [0.717, 1.165) is 17.5 Å². The van der Waals surface area contributed by atoms with Crippen LogP contribution in [0.1, 0.15) is 21.5 Å². The number of hydrogen-bond donors (Lipinski definition) is 2. The highest BCUT2D eigenvalue weighted by molar-refractivity contribution is 6.04. The van der Waals surface area contributed by atoms with Crippen LogP contribution in [0.4, 0.5) is 10.1 Å². The zero-order valence-electron chi connectivity index (χ0n) is 11.3. The number of carbonyl (C=O) groups is 1. The number of benzene rings is 2. The van der Waals surface area contributed by atoms with E-state index in [1.807, 2.05) is 12.1 Å². The summed E-state index contributed by atoms with van der Waals surface area (Å²) in [7, 11) is 0. The van der Waals surface area contributed by atoms with Crippen molar-refractivity contribution < 1.29 is 9.18 Å². The van der Waals surface area contributed by atoms with Crippen LogP contribution in [0.15, 0.2) is 42.5 Å². The van der Waals surface area contributed by atoms with Crippen molar-refractivity contribution in [3.8, 4) is 0 Å². The van der Waals surface area contributed by atoms with Crippen molar-refractivity contribution >= 4 is 11.6 Å². The predicted octanol–water partition coefficient (Wildman–Crippen LogP) is 2.89. The summed E-state index contributed by atoms with van der Waals surface area (Å²) in [4.78, 5) is 12.0. The van der Waals surface area contributed by atoms with E-state index in [1.54, 1.807) is 25.1 Å². The molecule has 0 radical (unpaired) electrons. The Bertz CT molecular complexity index is 608. The highest BCUT2D eigenvalue weighted by Gasteiger charge is 2.11. The van der Waals surface area contributed by atoms with Crippen molar-refractivity contribution in [1.29, 1.82) is 0 Å². The first-order valence-corrected chi connectivity index (χ1v) is 6.46. The van der Waals surface area contributed by atoms with Crippen LogP contribution < -0.4 is 11.1 Å². The van der Waals surface area contributed by atoms with Crippen LogP contribution in [0.3, 0.4) is 0 Å². The SMILES string of the molecule is Cc1ccc(C(=O)Nc2ccc(CCN)cc2)c(F)c1. The van der Waals surface area contributed by atoms with E-state index < -0.39 is 11.7 Å². The van der Waals surface area contributed by atoms with E-state index in [2.05, 4.69) is 5.32 Å². The van der Waals surface area contributed by atoms with Gasteiger partial charge in [0.05, 0.1) is 5.56 Å². The molecular formula is C16H17FN2O. The molecule has 0 unspecified atom stereocenters. The molecule has 104 valence electrons. The van der Waals surface area contributed by atoms with Crippen LogP contribution in [0.25, 0.3) is 0 Å². The van der Waals surface area contributed by atoms with Crippen molar-refractivity contribution in [3.63, 3.8) is 0 Å². The number of rotatable bonds is 4. The lowest BCUT2D eigenvalue weighted by Gasteiger charge is -2.07. The van der Waals surface area contributed by atoms with Crippen LogP contribution >= 0.6 is 0 Å². The van der Waals surface area contributed by atoms with Gasteiger partial charge in [0.2, 0.25) is 0 Å². The highest BCUT2D eigenvalue weighted by atomic mass is 19.1. The molecule has 0 fully saturated rings. The van der Waals surface area contributed by atoms with Crippen LogP contribution in [0, 0.1) is 12.7 Å². The molecule has 4 heteroatoms. The molecule has 2 aromatic carbocycles. The van der Waals surface area contributed by atoms with Crippen LogP contribution in [0.2, 0.25) is 0 Å². The van der Waals surface area contributed by atoms with Crippen LogP contribution in [-0.2, 0) is 6.42 Å². The Morgan fingerprint density at radius 2 is 1.90 bits per heavy atom. The average molecular weight is 272 g/mol. The third kappa shape index (κ3) is 3.42. The first-order valence-electron chi connectivity index (χ1n) is 6.46. The monoisotopic (exact) mass is 272 g/mol. The molecule has 0 spiro atoms. The minimum atomic E-state index is -0.512. The second-order valence-electron chi connectivity index (χ2n) is 4.67. The Morgan fingerprint density at radius 1 is 1.20 bits per heavy atom. The van der Waals surface area contributed by atoms with Gasteiger partial charge in [-0.1, -0.05) is 18.2 Å². The maximum absolute atomic E-state index is 13.7. The van der Waals surface area contributed by atoms with Crippen molar-refractivity contribution in [3.05, 3.63) is 65.0 Å². The lowest BCUT2D eigenvalue weighted by Crippen LogP contribution is -2.14. The zero-order chi connectivity index (χ0) is 14.5. The largest absolute Gasteiger partial charge is 0.330 e. The fraction of sp³-hybridized carbons (Fsp3) is 0.188. The van der Waals surface area contributed by atoms with Gasteiger partial charge in [-0.2, -0.15) is 0 Å². The maximum atomic E-state index is 13.7. The molecular weight excluding hydrogens is 255 g/mol. The van der Waals surface area contributed by atoms with Crippen LogP contribution in [0.5, 0.6) is 0 Å². The molecule has 0 atom stereocenters. The second-order valence-corrected chi connectivity index (χ2v) is 4.67. The van der Waals surface area contributed by atoms with Crippen molar-refractivity contribution in [1.82, 2.24) is 0 Å². The van der Waals surface area contributed by atoms with Gasteiger partial charge in [0.25, 0.3) is 5.91 Å². The third-order valence-corrected chi connectivity index (χ3v) is 3.01. The summed E-state index contributed by atoms with van der Waals surface area (Å²) in [6, 6.07) is 11.9. The Labute approximate surface area is 117 Å². The summed E-state index contributed by atoms with van der Waals surface area (Å²) in [6.07, 6.45) is 0.792. The molecule has 3 nitrogen and oxygen atoms in total. The zero-order valence-corrected chi connectivity index (χ0v) is 11.3. The summed E-state index contributed by atoms with van der Waals surface area (Å²) in [6.45, 7) is 2.36. The van der Waals surface area contributed by atoms with Gasteiger partial charge in [0.15, 0.2) is 0 Å². The lowest BCUT2D eigenvalue weighted by molar-refractivity contribution is 0.102. The van der Waals surface area contributed by atoms with Crippen molar-refractivity contribution in [2.24, 2.45) is 5.73 Å². The topological polar surface area (TPSA) is 55.1 Å². The Morgan fingerprint density at radius 3 is 2.50 bits per heavy atom. The Kier molecular flexibility index (Phi) is 4.48. The molecule has 0 saturated heterocycles. The molecule has 3 N–H and O–H groups in total. The molecule has 0 heterocycles. The van der Waals surface area contributed by atoms with Gasteiger partial charge in [0.1, 0.15) is 5.82 Å². The number of amides is 1. The van der Waals surface area contributed by atoms with E-state index in [9.17, 15) is 9.18 Å². The summed E-state index contributed by atoms with van der Waals surface area (Å²) >= 11 is 0. The number of nitrogens with one attached hydrogen (secondary N) is 1. The van der Waals surface area contributed by atoms with Gasteiger partial charge in [-0.3, -0.25) is 4.79 Å². The quantitative estimate of drug-likeness (QED) is 0.899. The van der Waals surface area contributed by atoms with Gasteiger partial charge in [-0.25, -0.2) is 4.39 Å². The normalized spacial score (nSPS) is 10.3. The number of halogens is 1. The first kappa shape index (κ1) is 14.2. The number of aryl methyl sites for hydroxylation is 1. The smallest absolute Gasteiger partial charge is 0.258 e. The molecule has 0 aromatic heterocycles. The highest BCUT2D eigenvalue weighted by Crippen LogP contribution is 2.14. The van der Waals surface area contributed by atoms with E-state index in [4.69, 9.17) is 5.73 Å². The van der Waals surface area contributed by atoms with Gasteiger partial charge >= 0.3 is 0 Å². The number of anilines is 1. The van der Waals surface area contributed by atoms with Crippen LogP contribution in [-0.4, -0.2) is 12.5 Å². The second kappa shape index (κ2) is 6.30. The number of hydrogen-bond acceptors (Lipinski definition) is 2. The van der Waals surface area contributed by atoms with Crippen molar-refractivity contribution in [2.75, 3.05) is 11.9 Å². The molecule has 2 rings (SSSR count). The van der Waals surface area contributed by atoms with E-state index >= 15 is 0 Å². The molecule has 20 heavy (non-hydrogen) atoms. The minimum absolute atomic E-state index is 0.0432. The molecule has 0 aliphatic carbocycles. The molecule has 0 saturated carbocycles. The fourth-order valence-corrected chi connectivity index (χ4v) is 1.92. The van der Waals surface area contributed by atoms with Gasteiger partial charge < -0.3 is 11.1 Å². The average Bonchev–Trinajstić information content (AvgIpc) is 2.41. The fourth-order valence-electron chi connectivity index (χ4n) is 1.92. The van der Waals surface area contributed by atoms with Gasteiger partial charge in [0, 0.05) is 5.69 Å². The maximum Gasteiger partial charge on any atom is 0.258 e. The number of carbonyl (C=O) groups excluding carboxylic acids is 1. The molecule has 2 aromatic rings. The Balaban J connectivity index is 2.11. The van der Waals surface area contributed by atoms with Crippen molar-refractivity contribution in [2.45, 2.75) is 13.3 Å². The molecule has 0 aliphatic heterocycles. The molecule has 0 bridgehead atoms. The van der Waals surface area contributed by atoms with Gasteiger partial charge in [-0.05, 0) is 55.3 Å². The van der Waals surface area contributed by atoms with Gasteiger partial charge in [-0.15, -0.1) is 0 Å². The predicted molar refractivity (Wildman–Crippen MR) is 78.3 cm³/mol. The van der Waals surface area contributed by atoms with E-state index in [-0.39, 0.29) is 5.56 Å². The third-order valence-electron chi connectivity index (χ3n) is 3.01. The number of nitrogens with two attached hydrogens (primary N) is 1. The minimum Gasteiger partial charge on any atom is -0.330 e. The molecule has 1 amide bonds. The first-order chi connectivity index (χ1) is 9.60. The summed E-state index contributed by atoms with van der Waals surface area (Å²) in [5.74, 6) is -0.962. The Hall–Kier alpha value is -2.20. The standard InChI is InChI=1S/C16H17FN2O/c1-11-2-7-14(15(17)10-11)16(20)19-13-5-3-12(4-6-13)8-9-18/h2-7,10H,8-9,18H2,1H3,(H,19,20). The molecule has 0 aliphatic rings. The van der Waals surface area contributed by atoms with E-state index in [0.29, 0.717) is 12.2 Å². The summed E-state index contributed by atoms with van der Waals surface area (Å²) in [5.41, 5.74) is 8.04. The lowest BCUT2D eigenvalue weighted by atomic mass is 10.1.